The Morgan fingerprint density at radius 2 is 2.25 bits per heavy atom. The summed E-state index contributed by atoms with van der Waals surface area (Å²) in [4.78, 5) is 2.51. The van der Waals surface area contributed by atoms with Gasteiger partial charge in [0.05, 0.1) is 12.7 Å². The molecule has 2 aliphatic rings. The van der Waals surface area contributed by atoms with Crippen LogP contribution >= 0.6 is 0 Å². The highest BCUT2D eigenvalue weighted by Crippen LogP contribution is 2.19. The summed E-state index contributed by atoms with van der Waals surface area (Å²) in [7, 11) is 0. The Morgan fingerprint density at radius 3 is 3.00 bits per heavy atom. The zero-order valence-corrected chi connectivity index (χ0v) is 12.7. The zero-order chi connectivity index (χ0) is 13.9. The van der Waals surface area contributed by atoms with Gasteiger partial charge in [-0.25, -0.2) is 0 Å². The van der Waals surface area contributed by atoms with Crippen LogP contribution in [-0.4, -0.2) is 47.4 Å². The number of rotatable bonds is 6. The van der Waals surface area contributed by atoms with Crippen molar-refractivity contribution in [3.63, 3.8) is 0 Å². The highest BCUT2D eigenvalue weighted by atomic mass is 16.5. The van der Waals surface area contributed by atoms with E-state index in [1.54, 1.807) is 0 Å². The fraction of sp³-hybridized carbons (Fsp3) is 0.750. The predicted molar refractivity (Wildman–Crippen MR) is 80.7 cm³/mol. The first-order valence-electron chi connectivity index (χ1n) is 7.95. The van der Waals surface area contributed by atoms with Crippen molar-refractivity contribution in [2.75, 3.05) is 19.7 Å². The Kier molecular flexibility index (Phi) is 4.44. The van der Waals surface area contributed by atoms with Crippen LogP contribution in [0.15, 0.2) is 18.3 Å². The average molecular weight is 277 g/mol. The van der Waals surface area contributed by atoms with Gasteiger partial charge >= 0.3 is 0 Å². The van der Waals surface area contributed by atoms with E-state index < -0.39 is 0 Å². The number of aromatic nitrogens is 1. The Hall–Kier alpha value is -0.840. The topological polar surface area (TPSA) is 29.4 Å². The van der Waals surface area contributed by atoms with E-state index in [9.17, 15) is 0 Å². The molecule has 0 spiro atoms. The predicted octanol–water partition coefficient (Wildman–Crippen LogP) is 1.85. The lowest BCUT2D eigenvalue weighted by Gasteiger charge is -2.35. The van der Waals surface area contributed by atoms with Crippen LogP contribution in [0.4, 0.5) is 0 Å². The van der Waals surface area contributed by atoms with Crippen molar-refractivity contribution < 1.29 is 4.74 Å². The summed E-state index contributed by atoms with van der Waals surface area (Å²) in [5, 5.41) is 3.59. The van der Waals surface area contributed by atoms with E-state index in [2.05, 4.69) is 47.0 Å². The summed E-state index contributed by atoms with van der Waals surface area (Å²) in [5.41, 5.74) is 1.38. The van der Waals surface area contributed by atoms with Crippen LogP contribution in [0.25, 0.3) is 0 Å². The summed E-state index contributed by atoms with van der Waals surface area (Å²) in [6, 6.07) is 5.74. The third-order valence-corrected chi connectivity index (χ3v) is 4.37. The minimum Gasteiger partial charge on any atom is -0.374 e. The van der Waals surface area contributed by atoms with E-state index in [1.165, 1.54) is 18.5 Å². The lowest BCUT2D eigenvalue weighted by molar-refractivity contribution is -0.0458. The van der Waals surface area contributed by atoms with Gasteiger partial charge in [0.1, 0.15) is 0 Å². The standard InChI is InChI=1S/C16H27N3O/c1-13(2)18-8-9-20-16(11-18)12-19-7-3-4-15(19)10-17-14-5-6-14/h3-4,7,13-14,16-17H,5-6,8-12H2,1-2H3. The van der Waals surface area contributed by atoms with Gasteiger partial charge in [-0.1, -0.05) is 0 Å². The SMILES string of the molecule is CC(C)N1CCOC(Cn2cccc2CNC2CC2)C1. The van der Waals surface area contributed by atoms with Crippen LogP contribution in [0.2, 0.25) is 0 Å². The van der Waals surface area contributed by atoms with Gasteiger partial charge in [-0.05, 0) is 38.8 Å². The number of nitrogens with one attached hydrogen (secondary N) is 1. The van der Waals surface area contributed by atoms with Crippen LogP contribution < -0.4 is 5.32 Å². The van der Waals surface area contributed by atoms with Gasteiger partial charge < -0.3 is 14.6 Å². The Bertz CT molecular complexity index is 425. The summed E-state index contributed by atoms with van der Waals surface area (Å²) in [6.45, 7) is 9.46. The zero-order valence-electron chi connectivity index (χ0n) is 12.7. The van der Waals surface area contributed by atoms with Crippen molar-refractivity contribution in [2.24, 2.45) is 0 Å². The fourth-order valence-corrected chi connectivity index (χ4v) is 2.87. The largest absolute Gasteiger partial charge is 0.374 e. The van der Waals surface area contributed by atoms with E-state index in [4.69, 9.17) is 4.74 Å². The Morgan fingerprint density at radius 1 is 1.40 bits per heavy atom. The van der Waals surface area contributed by atoms with E-state index in [1.807, 2.05) is 0 Å². The van der Waals surface area contributed by atoms with Crippen molar-refractivity contribution in [1.29, 1.82) is 0 Å². The molecule has 2 fully saturated rings. The highest BCUT2D eigenvalue weighted by molar-refractivity contribution is 5.08. The van der Waals surface area contributed by atoms with Gasteiger partial charge in [0.2, 0.25) is 0 Å². The Labute approximate surface area is 122 Å². The molecule has 2 heterocycles. The molecule has 0 bridgehead atoms. The van der Waals surface area contributed by atoms with Gasteiger partial charge in [0.25, 0.3) is 0 Å². The second kappa shape index (κ2) is 6.29. The number of nitrogens with zero attached hydrogens (tertiary/aromatic N) is 2. The minimum atomic E-state index is 0.318. The van der Waals surface area contributed by atoms with Crippen LogP contribution in [0.3, 0.4) is 0 Å². The van der Waals surface area contributed by atoms with Crippen LogP contribution in [-0.2, 0) is 17.8 Å². The molecule has 0 aromatic carbocycles. The molecule has 1 unspecified atom stereocenters. The summed E-state index contributed by atoms with van der Waals surface area (Å²) < 4.78 is 8.29. The van der Waals surface area contributed by atoms with E-state index >= 15 is 0 Å². The van der Waals surface area contributed by atoms with Crippen molar-refractivity contribution in [3.05, 3.63) is 24.0 Å². The van der Waals surface area contributed by atoms with Gasteiger partial charge in [0.15, 0.2) is 0 Å². The normalized spacial score (nSPS) is 24.4. The molecule has 0 radical (unpaired) electrons. The highest BCUT2D eigenvalue weighted by Gasteiger charge is 2.23. The van der Waals surface area contributed by atoms with Gasteiger partial charge in [-0.3, -0.25) is 4.90 Å². The first-order valence-corrected chi connectivity index (χ1v) is 7.95. The second-order valence-corrected chi connectivity index (χ2v) is 6.39. The molecule has 1 saturated heterocycles. The third kappa shape index (κ3) is 3.62. The summed E-state index contributed by atoms with van der Waals surface area (Å²) in [5.74, 6) is 0. The maximum Gasteiger partial charge on any atom is 0.0881 e. The molecule has 1 aliphatic heterocycles. The molecule has 1 atom stereocenters. The summed E-state index contributed by atoms with van der Waals surface area (Å²) in [6.07, 6.45) is 5.19. The second-order valence-electron chi connectivity index (χ2n) is 6.39. The maximum atomic E-state index is 5.94. The molecule has 1 aromatic heterocycles. The molecule has 1 N–H and O–H groups in total. The maximum absolute atomic E-state index is 5.94. The van der Waals surface area contributed by atoms with Crippen molar-refractivity contribution >= 4 is 0 Å². The number of ether oxygens (including phenoxy) is 1. The molecule has 1 aromatic rings. The molecular formula is C16H27N3O. The average Bonchev–Trinajstić information content (AvgIpc) is 3.17. The quantitative estimate of drug-likeness (QED) is 0.860. The van der Waals surface area contributed by atoms with Crippen molar-refractivity contribution in [2.45, 2.75) is 58.0 Å². The Balaban J connectivity index is 1.55. The summed E-state index contributed by atoms with van der Waals surface area (Å²) >= 11 is 0. The number of hydrogen-bond donors (Lipinski definition) is 1. The molecule has 3 rings (SSSR count). The molecule has 1 saturated carbocycles. The fourth-order valence-electron chi connectivity index (χ4n) is 2.87. The molecule has 112 valence electrons. The van der Waals surface area contributed by atoms with Crippen LogP contribution in [0, 0.1) is 0 Å². The minimum absolute atomic E-state index is 0.318. The van der Waals surface area contributed by atoms with Gasteiger partial charge in [-0.2, -0.15) is 0 Å². The lowest BCUT2D eigenvalue weighted by Crippen LogP contribution is -2.47. The monoisotopic (exact) mass is 277 g/mol. The van der Waals surface area contributed by atoms with Gasteiger partial charge in [-0.15, -0.1) is 0 Å². The van der Waals surface area contributed by atoms with E-state index in [0.717, 1.165) is 38.8 Å². The molecular weight excluding hydrogens is 250 g/mol. The van der Waals surface area contributed by atoms with Gasteiger partial charge in [0, 0.05) is 50.2 Å². The lowest BCUT2D eigenvalue weighted by atomic mass is 10.2. The molecule has 4 nitrogen and oxygen atoms in total. The number of morpholine rings is 1. The van der Waals surface area contributed by atoms with Crippen molar-refractivity contribution in [3.8, 4) is 0 Å². The molecule has 4 heteroatoms. The number of hydrogen-bond acceptors (Lipinski definition) is 3. The van der Waals surface area contributed by atoms with E-state index in [-0.39, 0.29) is 0 Å². The van der Waals surface area contributed by atoms with Crippen LogP contribution in [0.5, 0.6) is 0 Å². The molecule has 1 aliphatic carbocycles. The van der Waals surface area contributed by atoms with Crippen LogP contribution in [0.1, 0.15) is 32.4 Å². The first-order chi connectivity index (χ1) is 9.72. The molecule has 0 amide bonds. The smallest absolute Gasteiger partial charge is 0.0881 e. The third-order valence-electron chi connectivity index (χ3n) is 4.37. The van der Waals surface area contributed by atoms with E-state index in [0.29, 0.717) is 12.1 Å². The van der Waals surface area contributed by atoms with Crippen molar-refractivity contribution in [1.82, 2.24) is 14.8 Å². The first kappa shape index (κ1) is 14.1. The molecule has 20 heavy (non-hydrogen) atoms.